The fourth-order valence-corrected chi connectivity index (χ4v) is 0.904. The molecule has 1 nitrogen and oxygen atoms in total. The van der Waals surface area contributed by atoms with E-state index in [0.29, 0.717) is 12.5 Å². The molecular formula is C9H17N. The molecule has 0 aliphatic heterocycles. The summed E-state index contributed by atoms with van der Waals surface area (Å²) in [4.78, 5) is 0. The molecule has 1 unspecified atom stereocenters. The zero-order valence-electron chi connectivity index (χ0n) is 6.98. The average molecular weight is 139 g/mol. The number of rotatable bonds is 4. The van der Waals surface area contributed by atoms with Crippen molar-refractivity contribution in [2.24, 2.45) is 11.7 Å². The van der Waals surface area contributed by atoms with E-state index < -0.39 is 0 Å². The summed E-state index contributed by atoms with van der Waals surface area (Å²) in [5.41, 5.74) is 5.50. The summed E-state index contributed by atoms with van der Waals surface area (Å²) in [5, 5.41) is 0. The fraction of sp³-hybridized carbons (Fsp3) is 0.778. The third kappa shape index (κ3) is 4.40. The Hall–Kier alpha value is -0.480. The molecule has 2 N–H and O–H groups in total. The average Bonchev–Trinajstić information content (AvgIpc) is 1.98. The van der Waals surface area contributed by atoms with E-state index in [1.807, 2.05) is 6.92 Å². The molecule has 0 fully saturated rings. The maximum atomic E-state index is 5.50. The van der Waals surface area contributed by atoms with E-state index in [9.17, 15) is 0 Å². The first-order valence-electron chi connectivity index (χ1n) is 3.97. The minimum absolute atomic E-state index is 0.435. The molecule has 0 aliphatic carbocycles. The summed E-state index contributed by atoms with van der Waals surface area (Å²) in [5.74, 6) is 6.42. The van der Waals surface area contributed by atoms with Gasteiger partial charge < -0.3 is 5.73 Å². The van der Waals surface area contributed by atoms with E-state index in [0.717, 1.165) is 6.42 Å². The van der Waals surface area contributed by atoms with Crippen LogP contribution in [0.25, 0.3) is 0 Å². The second-order valence-corrected chi connectivity index (χ2v) is 2.47. The van der Waals surface area contributed by atoms with Gasteiger partial charge in [-0.15, -0.1) is 5.92 Å². The molecule has 10 heavy (non-hydrogen) atoms. The Bertz CT molecular complexity index is 118. The van der Waals surface area contributed by atoms with Crippen LogP contribution >= 0.6 is 0 Å². The first-order chi connectivity index (χ1) is 4.85. The van der Waals surface area contributed by atoms with Gasteiger partial charge in [-0.2, -0.15) is 0 Å². The Morgan fingerprint density at radius 2 is 2.20 bits per heavy atom. The van der Waals surface area contributed by atoms with Crippen molar-refractivity contribution in [2.75, 3.05) is 6.54 Å². The van der Waals surface area contributed by atoms with Crippen LogP contribution in [0.5, 0.6) is 0 Å². The topological polar surface area (TPSA) is 26.0 Å². The first-order valence-corrected chi connectivity index (χ1v) is 3.97. The van der Waals surface area contributed by atoms with E-state index >= 15 is 0 Å². The summed E-state index contributed by atoms with van der Waals surface area (Å²) < 4.78 is 0. The molecule has 0 aromatic rings. The minimum atomic E-state index is 0.435. The van der Waals surface area contributed by atoms with Crippen molar-refractivity contribution in [3.05, 3.63) is 0 Å². The molecule has 0 spiro atoms. The Morgan fingerprint density at radius 1 is 1.50 bits per heavy atom. The second kappa shape index (κ2) is 6.64. The molecule has 0 saturated carbocycles. The highest BCUT2D eigenvalue weighted by Gasteiger charge is 1.99. The maximum Gasteiger partial charge on any atom is 0.0325 e. The smallest absolute Gasteiger partial charge is 0.0325 e. The third-order valence-electron chi connectivity index (χ3n) is 1.54. The van der Waals surface area contributed by atoms with Gasteiger partial charge in [0, 0.05) is 12.5 Å². The normalized spacial score (nSPS) is 11.9. The van der Waals surface area contributed by atoms with Crippen molar-refractivity contribution < 1.29 is 0 Å². The van der Waals surface area contributed by atoms with Gasteiger partial charge in [-0.05, 0) is 13.3 Å². The molecule has 0 aromatic carbocycles. The van der Waals surface area contributed by atoms with Crippen LogP contribution in [-0.4, -0.2) is 6.54 Å². The van der Waals surface area contributed by atoms with Gasteiger partial charge in [-0.3, -0.25) is 0 Å². The number of hydrogen-bond donors (Lipinski definition) is 1. The lowest BCUT2D eigenvalue weighted by atomic mass is 10.0. The third-order valence-corrected chi connectivity index (χ3v) is 1.54. The first kappa shape index (κ1) is 9.52. The molecule has 1 atom stereocenters. The Balaban J connectivity index is 3.46. The van der Waals surface area contributed by atoms with Crippen LogP contribution in [-0.2, 0) is 0 Å². The lowest BCUT2D eigenvalue weighted by Crippen LogP contribution is -2.12. The van der Waals surface area contributed by atoms with Crippen LogP contribution in [0.4, 0.5) is 0 Å². The van der Waals surface area contributed by atoms with Crippen LogP contribution < -0.4 is 5.73 Å². The van der Waals surface area contributed by atoms with Crippen molar-refractivity contribution in [1.29, 1.82) is 0 Å². The van der Waals surface area contributed by atoms with Crippen LogP contribution in [0, 0.1) is 17.8 Å². The second-order valence-electron chi connectivity index (χ2n) is 2.47. The molecule has 0 radical (unpaired) electrons. The Kier molecular flexibility index (Phi) is 6.32. The van der Waals surface area contributed by atoms with Gasteiger partial charge in [0.25, 0.3) is 0 Å². The number of unbranched alkanes of at least 4 members (excludes halogenated alkanes) is 1. The number of nitrogens with two attached hydrogens (primary N) is 1. The Labute approximate surface area is 64.0 Å². The van der Waals surface area contributed by atoms with Crippen molar-refractivity contribution in [3.63, 3.8) is 0 Å². The highest BCUT2D eigenvalue weighted by molar-refractivity contribution is 5.01. The SMILES string of the molecule is CC#CC(CN)CCCC. The van der Waals surface area contributed by atoms with Gasteiger partial charge in [0.05, 0.1) is 0 Å². The fourth-order valence-electron chi connectivity index (χ4n) is 0.904. The minimum Gasteiger partial charge on any atom is -0.329 e. The Morgan fingerprint density at radius 3 is 2.60 bits per heavy atom. The zero-order valence-corrected chi connectivity index (χ0v) is 6.98. The van der Waals surface area contributed by atoms with E-state index in [1.54, 1.807) is 0 Å². The monoisotopic (exact) mass is 139 g/mol. The molecule has 1 heteroatoms. The van der Waals surface area contributed by atoms with Gasteiger partial charge in [-0.1, -0.05) is 25.7 Å². The summed E-state index contributed by atoms with van der Waals surface area (Å²) >= 11 is 0. The molecule has 0 amide bonds. The standard InChI is InChI=1S/C9H17N/c1-3-5-7-9(8-10)6-4-2/h9H,3,5,7-8,10H2,1-2H3. The summed E-state index contributed by atoms with van der Waals surface area (Å²) in [7, 11) is 0. The quantitative estimate of drug-likeness (QED) is 0.590. The molecule has 0 bridgehead atoms. The summed E-state index contributed by atoms with van der Waals surface area (Å²) in [6, 6.07) is 0. The van der Waals surface area contributed by atoms with Crippen LogP contribution in [0.15, 0.2) is 0 Å². The van der Waals surface area contributed by atoms with Crippen LogP contribution in [0.1, 0.15) is 33.1 Å². The van der Waals surface area contributed by atoms with E-state index in [4.69, 9.17) is 5.73 Å². The van der Waals surface area contributed by atoms with Crippen molar-refractivity contribution in [3.8, 4) is 11.8 Å². The molecule has 0 saturated heterocycles. The highest BCUT2D eigenvalue weighted by atomic mass is 14.5. The predicted molar refractivity (Wildman–Crippen MR) is 45.5 cm³/mol. The van der Waals surface area contributed by atoms with Gasteiger partial charge in [0.2, 0.25) is 0 Å². The van der Waals surface area contributed by atoms with E-state index in [2.05, 4.69) is 18.8 Å². The van der Waals surface area contributed by atoms with Gasteiger partial charge in [-0.25, -0.2) is 0 Å². The van der Waals surface area contributed by atoms with E-state index in [1.165, 1.54) is 12.8 Å². The number of hydrogen-bond acceptors (Lipinski definition) is 1. The van der Waals surface area contributed by atoms with Crippen molar-refractivity contribution in [1.82, 2.24) is 0 Å². The van der Waals surface area contributed by atoms with Crippen molar-refractivity contribution >= 4 is 0 Å². The van der Waals surface area contributed by atoms with Gasteiger partial charge in [0.1, 0.15) is 0 Å². The zero-order chi connectivity index (χ0) is 7.82. The van der Waals surface area contributed by atoms with Crippen LogP contribution in [0.2, 0.25) is 0 Å². The summed E-state index contributed by atoms with van der Waals surface area (Å²) in [6.45, 7) is 4.77. The molecular weight excluding hydrogens is 122 g/mol. The lowest BCUT2D eigenvalue weighted by molar-refractivity contribution is 0.579. The molecule has 58 valence electrons. The van der Waals surface area contributed by atoms with Crippen LogP contribution in [0.3, 0.4) is 0 Å². The highest BCUT2D eigenvalue weighted by Crippen LogP contribution is 2.04. The lowest BCUT2D eigenvalue weighted by Gasteiger charge is -2.04. The van der Waals surface area contributed by atoms with Gasteiger partial charge in [0.15, 0.2) is 0 Å². The maximum absolute atomic E-state index is 5.50. The predicted octanol–water partition coefficient (Wildman–Crippen LogP) is 1.77. The largest absolute Gasteiger partial charge is 0.329 e. The molecule has 0 rings (SSSR count). The molecule has 0 aliphatic rings. The summed E-state index contributed by atoms with van der Waals surface area (Å²) in [6.07, 6.45) is 3.65. The van der Waals surface area contributed by atoms with E-state index in [-0.39, 0.29) is 0 Å². The molecule has 0 aromatic heterocycles. The molecule has 0 heterocycles. The van der Waals surface area contributed by atoms with Gasteiger partial charge >= 0.3 is 0 Å². The van der Waals surface area contributed by atoms with Crippen molar-refractivity contribution in [2.45, 2.75) is 33.1 Å².